The monoisotopic (exact) mass is 234 g/mol. The molecule has 1 aliphatic carbocycles. The van der Waals surface area contributed by atoms with Crippen molar-refractivity contribution in [3.8, 4) is 11.4 Å². The molecule has 0 bridgehead atoms. The van der Waals surface area contributed by atoms with Gasteiger partial charge < -0.3 is 4.57 Å². The summed E-state index contributed by atoms with van der Waals surface area (Å²) in [4.78, 5) is 4.60. The van der Waals surface area contributed by atoms with Crippen LogP contribution in [0.1, 0.15) is 11.1 Å². The fourth-order valence-corrected chi connectivity index (χ4v) is 3.14. The highest BCUT2D eigenvalue weighted by Crippen LogP contribution is 2.37. The van der Waals surface area contributed by atoms with Gasteiger partial charge in [-0.15, -0.1) is 0 Å². The minimum atomic E-state index is 1.10. The average molecular weight is 234 g/mol. The average Bonchev–Trinajstić information content (AvgIpc) is 2.73. The van der Waals surface area contributed by atoms with Gasteiger partial charge in [-0.1, -0.05) is 24.3 Å². The molecule has 0 unspecified atom stereocenters. The third kappa shape index (κ3) is 1.15. The number of aromatic nitrogens is 2. The molecule has 0 saturated carbocycles. The molecule has 18 heavy (non-hydrogen) atoms. The van der Waals surface area contributed by atoms with E-state index in [1.807, 2.05) is 12.3 Å². The van der Waals surface area contributed by atoms with Gasteiger partial charge in [-0.05, 0) is 36.1 Å². The van der Waals surface area contributed by atoms with Gasteiger partial charge >= 0.3 is 0 Å². The Balaban J connectivity index is 2.16. The minimum absolute atomic E-state index is 1.10. The summed E-state index contributed by atoms with van der Waals surface area (Å²) in [5.41, 5.74) is 6.60. The van der Waals surface area contributed by atoms with Gasteiger partial charge in [0.1, 0.15) is 0 Å². The van der Waals surface area contributed by atoms with Crippen LogP contribution in [-0.4, -0.2) is 9.55 Å². The molecule has 0 N–H and O–H groups in total. The van der Waals surface area contributed by atoms with Crippen LogP contribution in [0, 0.1) is 0 Å². The second kappa shape index (κ2) is 3.45. The van der Waals surface area contributed by atoms with E-state index in [4.69, 9.17) is 0 Å². The van der Waals surface area contributed by atoms with E-state index in [9.17, 15) is 0 Å². The van der Waals surface area contributed by atoms with Gasteiger partial charge in [0.05, 0.1) is 11.4 Å². The zero-order chi connectivity index (χ0) is 12.1. The Morgan fingerprint density at radius 3 is 2.89 bits per heavy atom. The lowest BCUT2D eigenvalue weighted by atomic mass is 9.92. The zero-order valence-electron chi connectivity index (χ0n) is 10.4. The Kier molecular flexibility index (Phi) is 1.90. The SMILES string of the molecule is Cn1c2c(c3ccccc31)CCc1cccnc1-2. The molecule has 0 saturated heterocycles. The first-order valence-electron chi connectivity index (χ1n) is 6.37. The highest BCUT2D eigenvalue weighted by atomic mass is 15.0. The fourth-order valence-electron chi connectivity index (χ4n) is 3.14. The molecule has 2 nitrogen and oxygen atoms in total. The topological polar surface area (TPSA) is 17.8 Å². The second-order valence-corrected chi connectivity index (χ2v) is 4.91. The summed E-state index contributed by atoms with van der Waals surface area (Å²) in [7, 11) is 2.14. The molecule has 4 rings (SSSR count). The van der Waals surface area contributed by atoms with Crippen LogP contribution in [-0.2, 0) is 19.9 Å². The molecule has 0 atom stereocenters. The van der Waals surface area contributed by atoms with E-state index >= 15 is 0 Å². The molecule has 2 heterocycles. The molecule has 2 aromatic heterocycles. The molecule has 88 valence electrons. The van der Waals surface area contributed by atoms with Crippen molar-refractivity contribution in [3.05, 3.63) is 53.7 Å². The number of rotatable bonds is 0. The van der Waals surface area contributed by atoms with E-state index in [1.54, 1.807) is 0 Å². The smallest absolute Gasteiger partial charge is 0.0901 e. The number of aryl methyl sites for hydroxylation is 3. The first-order chi connectivity index (χ1) is 8.86. The Morgan fingerprint density at radius 2 is 1.94 bits per heavy atom. The number of nitrogens with zero attached hydrogens (tertiary/aromatic N) is 2. The van der Waals surface area contributed by atoms with Crippen LogP contribution in [0.3, 0.4) is 0 Å². The molecule has 2 heteroatoms. The third-order valence-electron chi connectivity index (χ3n) is 3.97. The normalized spacial score (nSPS) is 13.4. The van der Waals surface area contributed by atoms with E-state index in [2.05, 4.69) is 46.9 Å². The van der Waals surface area contributed by atoms with Crippen LogP contribution in [0.5, 0.6) is 0 Å². The van der Waals surface area contributed by atoms with Crippen molar-refractivity contribution in [3.63, 3.8) is 0 Å². The van der Waals surface area contributed by atoms with Crippen LogP contribution in [0.4, 0.5) is 0 Å². The standard InChI is InChI=1S/C16H14N2/c1-18-14-7-3-2-6-12(14)13-9-8-11-5-4-10-17-15(11)16(13)18/h2-7,10H,8-9H2,1H3. The number of para-hydroxylation sites is 1. The van der Waals surface area contributed by atoms with Crippen molar-refractivity contribution in [1.29, 1.82) is 0 Å². The lowest BCUT2D eigenvalue weighted by Crippen LogP contribution is -2.06. The fraction of sp³-hybridized carbons (Fsp3) is 0.188. The number of benzene rings is 1. The maximum Gasteiger partial charge on any atom is 0.0901 e. The lowest BCUT2D eigenvalue weighted by Gasteiger charge is -2.16. The predicted molar refractivity (Wildman–Crippen MR) is 73.6 cm³/mol. The van der Waals surface area contributed by atoms with Gasteiger partial charge in [0.2, 0.25) is 0 Å². The number of pyridine rings is 1. The maximum atomic E-state index is 4.60. The van der Waals surface area contributed by atoms with Gasteiger partial charge in [-0.3, -0.25) is 4.98 Å². The first-order valence-corrected chi connectivity index (χ1v) is 6.37. The van der Waals surface area contributed by atoms with Crippen LogP contribution in [0.2, 0.25) is 0 Å². The summed E-state index contributed by atoms with van der Waals surface area (Å²) < 4.78 is 2.29. The van der Waals surface area contributed by atoms with Crippen LogP contribution in [0.25, 0.3) is 22.3 Å². The van der Waals surface area contributed by atoms with E-state index in [0.29, 0.717) is 0 Å². The van der Waals surface area contributed by atoms with Crippen LogP contribution in [0.15, 0.2) is 42.6 Å². The van der Waals surface area contributed by atoms with Crippen LogP contribution < -0.4 is 0 Å². The Labute approximate surface area is 106 Å². The Hall–Kier alpha value is -2.09. The van der Waals surface area contributed by atoms with Gasteiger partial charge in [-0.2, -0.15) is 0 Å². The van der Waals surface area contributed by atoms with E-state index in [1.165, 1.54) is 27.7 Å². The number of fused-ring (bicyclic) bond motifs is 5. The quantitative estimate of drug-likeness (QED) is 0.583. The minimum Gasteiger partial charge on any atom is -0.342 e. The molecule has 1 aliphatic rings. The molecule has 0 fully saturated rings. The van der Waals surface area contributed by atoms with Gasteiger partial charge in [0.15, 0.2) is 0 Å². The first kappa shape index (κ1) is 9.89. The number of hydrogen-bond acceptors (Lipinski definition) is 1. The van der Waals surface area contributed by atoms with Crippen molar-refractivity contribution in [2.75, 3.05) is 0 Å². The predicted octanol–water partition coefficient (Wildman–Crippen LogP) is 3.34. The molecule has 0 radical (unpaired) electrons. The van der Waals surface area contributed by atoms with Crippen molar-refractivity contribution in [2.24, 2.45) is 7.05 Å². The van der Waals surface area contributed by atoms with E-state index < -0.39 is 0 Å². The second-order valence-electron chi connectivity index (χ2n) is 4.91. The molecule has 1 aromatic carbocycles. The summed E-state index contributed by atoms with van der Waals surface area (Å²) >= 11 is 0. The van der Waals surface area contributed by atoms with Crippen LogP contribution >= 0.6 is 0 Å². The molecular formula is C16H14N2. The summed E-state index contributed by atoms with van der Waals surface area (Å²) in [6.07, 6.45) is 4.12. The van der Waals surface area contributed by atoms with Crippen molar-refractivity contribution in [1.82, 2.24) is 9.55 Å². The Bertz CT molecular complexity index is 753. The largest absolute Gasteiger partial charge is 0.342 e. The van der Waals surface area contributed by atoms with Crippen molar-refractivity contribution < 1.29 is 0 Å². The molecule has 0 amide bonds. The van der Waals surface area contributed by atoms with E-state index in [0.717, 1.165) is 18.5 Å². The maximum absolute atomic E-state index is 4.60. The van der Waals surface area contributed by atoms with Gasteiger partial charge in [0, 0.05) is 24.1 Å². The highest BCUT2D eigenvalue weighted by molar-refractivity contribution is 5.92. The van der Waals surface area contributed by atoms with Crippen molar-refractivity contribution in [2.45, 2.75) is 12.8 Å². The molecule has 0 aliphatic heterocycles. The Morgan fingerprint density at radius 1 is 1.06 bits per heavy atom. The van der Waals surface area contributed by atoms with Gasteiger partial charge in [-0.25, -0.2) is 0 Å². The highest BCUT2D eigenvalue weighted by Gasteiger charge is 2.23. The van der Waals surface area contributed by atoms with Crippen molar-refractivity contribution >= 4 is 10.9 Å². The summed E-state index contributed by atoms with van der Waals surface area (Å²) in [6.45, 7) is 0. The summed E-state index contributed by atoms with van der Waals surface area (Å²) in [5.74, 6) is 0. The van der Waals surface area contributed by atoms with Gasteiger partial charge in [0.25, 0.3) is 0 Å². The molecular weight excluding hydrogens is 220 g/mol. The zero-order valence-corrected chi connectivity index (χ0v) is 10.4. The van der Waals surface area contributed by atoms with E-state index in [-0.39, 0.29) is 0 Å². The number of hydrogen-bond donors (Lipinski definition) is 0. The lowest BCUT2D eigenvalue weighted by molar-refractivity contribution is 0.887. The summed E-state index contributed by atoms with van der Waals surface area (Å²) in [5, 5.41) is 1.38. The summed E-state index contributed by atoms with van der Waals surface area (Å²) in [6, 6.07) is 12.9. The molecule has 0 spiro atoms. The molecule has 3 aromatic rings. The third-order valence-corrected chi connectivity index (χ3v) is 3.97.